The molecular formula is C13H16N2OS. The molecule has 1 heterocycles. The van der Waals surface area contributed by atoms with E-state index in [-0.39, 0.29) is 11.6 Å². The van der Waals surface area contributed by atoms with Crippen LogP contribution in [0.5, 0.6) is 0 Å². The van der Waals surface area contributed by atoms with Crippen molar-refractivity contribution >= 4 is 10.8 Å². The van der Waals surface area contributed by atoms with Crippen molar-refractivity contribution in [2.45, 2.75) is 25.4 Å². The molecule has 90 valence electrons. The molecule has 4 heteroatoms. The van der Waals surface area contributed by atoms with Crippen LogP contribution < -0.4 is 5.32 Å². The van der Waals surface area contributed by atoms with Gasteiger partial charge in [-0.1, -0.05) is 12.1 Å². The third kappa shape index (κ3) is 2.93. The summed E-state index contributed by atoms with van der Waals surface area (Å²) in [5.74, 6) is 1.34. The van der Waals surface area contributed by atoms with Crippen molar-refractivity contribution in [1.29, 1.82) is 5.26 Å². The largest absolute Gasteiger partial charge is 0.303 e. The molecular weight excluding hydrogens is 232 g/mol. The molecule has 0 bridgehead atoms. The predicted molar refractivity (Wildman–Crippen MR) is 69.0 cm³/mol. The first-order valence-corrected chi connectivity index (χ1v) is 7.12. The molecule has 2 unspecified atom stereocenters. The van der Waals surface area contributed by atoms with Gasteiger partial charge in [-0.2, -0.15) is 5.26 Å². The summed E-state index contributed by atoms with van der Waals surface area (Å²) in [5, 5.41) is 12.3. The van der Waals surface area contributed by atoms with Gasteiger partial charge in [0.2, 0.25) is 0 Å². The van der Waals surface area contributed by atoms with Gasteiger partial charge in [0.25, 0.3) is 0 Å². The lowest BCUT2D eigenvalue weighted by molar-refractivity contribution is 0.369. The number of nitrogens with zero attached hydrogens (tertiary/aromatic N) is 1. The maximum Gasteiger partial charge on any atom is 0.0991 e. The minimum Gasteiger partial charge on any atom is -0.303 e. The lowest BCUT2D eigenvalue weighted by Crippen LogP contribution is -2.52. The van der Waals surface area contributed by atoms with Crippen molar-refractivity contribution in [2.75, 3.05) is 11.5 Å². The highest BCUT2D eigenvalue weighted by molar-refractivity contribution is 7.85. The van der Waals surface area contributed by atoms with Gasteiger partial charge in [0.15, 0.2) is 0 Å². The third-order valence-electron chi connectivity index (χ3n) is 2.88. The van der Waals surface area contributed by atoms with Crippen LogP contribution in [0, 0.1) is 11.3 Å². The average molecular weight is 248 g/mol. The standard InChI is InChI=1S/C13H16N2OS/c1-13(2)9-17(16)8-12(15-13)11-5-3-10(7-14)4-6-11/h3-6,12,15H,8-9H2,1-2H3. The molecule has 1 aliphatic rings. The van der Waals surface area contributed by atoms with Gasteiger partial charge in [-0.3, -0.25) is 4.21 Å². The molecule has 1 aromatic carbocycles. The second-order valence-corrected chi connectivity index (χ2v) is 6.57. The topological polar surface area (TPSA) is 52.9 Å². The highest BCUT2D eigenvalue weighted by atomic mass is 32.2. The lowest BCUT2D eigenvalue weighted by atomic mass is 10.0. The van der Waals surface area contributed by atoms with E-state index in [2.05, 4.69) is 25.2 Å². The van der Waals surface area contributed by atoms with Gasteiger partial charge in [0.05, 0.1) is 11.6 Å². The summed E-state index contributed by atoms with van der Waals surface area (Å²) >= 11 is 0. The quantitative estimate of drug-likeness (QED) is 0.823. The zero-order valence-corrected chi connectivity index (χ0v) is 10.9. The normalized spacial score (nSPS) is 27.4. The van der Waals surface area contributed by atoms with Crippen molar-refractivity contribution in [1.82, 2.24) is 5.32 Å². The van der Waals surface area contributed by atoms with Crippen molar-refractivity contribution in [2.24, 2.45) is 0 Å². The minimum absolute atomic E-state index is 0.0956. The van der Waals surface area contributed by atoms with Gasteiger partial charge < -0.3 is 5.32 Å². The van der Waals surface area contributed by atoms with Crippen LogP contribution in [0.3, 0.4) is 0 Å². The molecule has 2 atom stereocenters. The van der Waals surface area contributed by atoms with Gasteiger partial charge >= 0.3 is 0 Å². The molecule has 0 radical (unpaired) electrons. The maximum absolute atomic E-state index is 11.8. The highest BCUT2D eigenvalue weighted by Gasteiger charge is 2.31. The van der Waals surface area contributed by atoms with E-state index >= 15 is 0 Å². The Hall–Kier alpha value is -1.18. The van der Waals surface area contributed by atoms with E-state index < -0.39 is 10.8 Å². The molecule has 1 aliphatic heterocycles. The average Bonchev–Trinajstić information content (AvgIpc) is 2.26. The van der Waals surface area contributed by atoms with Crippen molar-refractivity contribution in [3.05, 3.63) is 35.4 Å². The Bertz CT molecular complexity index is 473. The Morgan fingerprint density at radius 2 is 2.06 bits per heavy atom. The van der Waals surface area contributed by atoms with Gasteiger partial charge in [-0.05, 0) is 31.5 Å². The SMILES string of the molecule is CC1(C)CS(=O)CC(c2ccc(C#N)cc2)N1. The summed E-state index contributed by atoms with van der Waals surface area (Å²) in [7, 11) is -0.775. The molecule has 0 saturated carbocycles. The predicted octanol–water partition coefficient (Wildman–Crippen LogP) is 1.73. The maximum atomic E-state index is 11.8. The molecule has 1 N–H and O–H groups in total. The van der Waals surface area contributed by atoms with E-state index in [0.29, 0.717) is 17.1 Å². The molecule has 1 fully saturated rings. The van der Waals surface area contributed by atoms with E-state index in [0.717, 1.165) is 5.56 Å². The number of nitriles is 1. The van der Waals surface area contributed by atoms with E-state index in [1.807, 2.05) is 24.3 Å². The summed E-state index contributed by atoms with van der Waals surface area (Å²) in [4.78, 5) is 0. The summed E-state index contributed by atoms with van der Waals surface area (Å²) in [6, 6.07) is 9.71. The van der Waals surface area contributed by atoms with E-state index in [9.17, 15) is 4.21 Å². The fourth-order valence-corrected chi connectivity index (χ4v) is 3.83. The highest BCUT2D eigenvalue weighted by Crippen LogP contribution is 2.24. The molecule has 3 nitrogen and oxygen atoms in total. The second kappa shape index (κ2) is 4.59. The van der Waals surface area contributed by atoms with Gasteiger partial charge in [-0.15, -0.1) is 0 Å². The Morgan fingerprint density at radius 1 is 1.41 bits per heavy atom. The number of nitrogens with one attached hydrogen (secondary N) is 1. The zero-order chi connectivity index (χ0) is 12.5. The van der Waals surface area contributed by atoms with Gasteiger partial charge in [0.1, 0.15) is 0 Å². The zero-order valence-electron chi connectivity index (χ0n) is 10.1. The Balaban J connectivity index is 2.21. The van der Waals surface area contributed by atoms with E-state index in [1.165, 1.54) is 0 Å². The smallest absolute Gasteiger partial charge is 0.0991 e. The molecule has 17 heavy (non-hydrogen) atoms. The molecule has 1 aromatic rings. The van der Waals surface area contributed by atoms with Crippen molar-refractivity contribution in [3.8, 4) is 6.07 Å². The lowest BCUT2D eigenvalue weighted by Gasteiger charge is -2.36. The minimum atomic E-state index is -0.775. The van der Waals surface area contributed by atoms with Crippen LogP contribution in [-0.4, -0.2) is 21.3 Å². The summed E-state index contributed by atoms with van der Waals surface area (Å²) in [6.45, 7) is 4.14. The molecule has 0 amide bonds. The van der Waals surface area contributed by atoms with Crippen LogP contribution in [-0.2, 0) is 10.8 Å². The molecule has 2 rings (SSSR count). The number of rotatable bonds is 1. The van der Waals surface area contributed by atoms with Crippen LogP contribution >= 0.6 is 0 Å². The fraction of sp³-hybridized carbons (Fsp3) is 0.462. The Kier molecular flexibility index (Phi) is 3.32. The van der Waals surface area contributed by atoms with Crippen LogP contribution in [0.1, 0.15) is 31.0 Å². The van der Waals surface area contributed by atoms with Gasteiger partial charge in [-0.25, -0.2) is 0 Å². The fourth-order valence-electron chi connectivity index (χ4n) is 2.17. The summed E-state index contributed by atoms with van der Waals surface area (Å²) in [6.07, 6.45) is 0. The van der Waals surface area contributed by atoms with Crippen LogP contribution in [0.25, 0.3) is 0 Å². The number of benzene rings is 1. The van der Waals surface area contributed by atoms with Crippen LogP contribution in [0.2, 0.25) is 0 Å². The Morgan fingerprint density at radius 3 is 2.59 bits per heavy atom. The first-order chi connectivity index (χ1) is 8.00. The van der Waals surface area contributed by atoms with Crippen LogP contribution in [0.15, 0.2) is 24.3 Å². The van der Waals surface area contributed by atoms with Crippen LogP contribution in [0.4, 0.5) is 0 Å². The van der Waals surface area contributed by atoms with E-state index in [1.54, 1.807) is 0 Å². The number of hydrogen-bond acceptors (Lipinski definition) is 3. The van der Waals surface area contributed by atoms with E-state index in [4.69, 9.17) is 5.26 Å². The summed E-state index contributed by atoms with van der Waals surface area (Å²) in [5.41, 5.74) is 1.66. The van der Waals surface area contributed by atoms with Crippen molar-refractivity contribution in [3.63, 3.8) is 0 Å². The summed E-state index contributed by atoms with van der Waals surface area (Å²) < 4.78 is 11.8. The first-order valence-electron chi connectivity index (χ1n) is 5.63. The number of hydrogen-bond donors (Lipinski definition) is 1. The Labute approximate surface area is 104 Å². The molecule has 0 aliphatic carbocycles. The van der Waals surface area contributed by atoms with Gasteiger partial charge in [0, 0.05) is 33.9 Å². The van der Waals surface area contributed by atoms with Crippen molar-refractivity contribution < 1.29 is 4.21 Å². The molecule has 0 aromatic heterocycles. The molecule has 0 spiro atoms. The monoisotopic (exact) mass is 248 g/mol. The first kappa shape index (κ1) is 12.3. The third-order valence-corrected chi connectivity index (χ3v) is 4.63. The second-order valence-electron chi connectivity index (χ2n) is 5.07. The molecule has 1 saturated heterocycles.